The van der Waals surface area contributed by atoms with Crippen molar-refractivity contribution in [1.29, 1.82) is 0 Å². The van der Waals surface area contributed by atoms with Crippen molar-refractivity contribution in [2.75, 3.05) is 16.8 Å². The zero-order valence-corrected chi connectivity index (χ0v) is 13.0. The van der Waals surface area contributed by atoms with Crippen molar-refractivity contribution in [3.8, 4) is 0 Å². The second-order valence-electron chi connectivity index (χ2n) is 5.11. The van der Waals surface area contributed by atoms with Crippen LogP contribution in [0.3, 0.4) is 0 Å². The van der Waals surface area contributed by atoms with E-state index >= 15 is 0 Å². The molecular weight excluding hydrogens is 316 g/mol. The van der Waals surface area contributed by atoms with Crippen LogP contribution in [0.5, 0.6) is 0 Å². The number of benzene rings is 1. The van der Waals surface area contributed by atoms with Gasteiger partial charge in [-0.15, -0.1) is 0 Å². The number of anilines is 1. The third-order valence-electron chi connectivity index (χ3n) is 3.40. The van der Waals surface area contributed by atoms with Crippen molar-refractivity contribution in [3.05, 3.63) is 23.8 Å². The number of aryl methyl sites for hydroxylation is 1. The molecule has 1 amide bonds. The number of hydrogen-bond donors (Lipinski definition) is 2. The minimum absolute atomic E-state index is 0.00128. The molecule has 0 bridgehead atoms. The summed E-state index contributed by atoms with van der Waals surface area (Å²) >= 11 is 0. The summed E-state index contributed by atoms with van der Waals surface area (Å²) in [6, 6.07) is 4.15. The van der Waals surface area contributed by atoms with E-state index in [0.717, 1.165) is 0 Å². The molecule has 1 aromatic rings. The molecule has 0 saturated carbocycles. The lowest BCUT2D eigenvalue weighted by Gasteiger charge is -2.12. The minimum atomic E-state index is -3.86. The molecule has 21 heavy (non-hydrogen) atoms. The molecule has 1 aromatic carbocycles. The highest BCUT2D eigenvalue weighted by molar-refractivity contribution is 7.91. The van der Waals surface area contributed by atoms with Gasteiger partial charge in [0.05, 0.1) is 22.3 Å². The van der Waals surface area contributed by atoms with E-state index in [4.69, 9.17) is 5.14 Å². The summed E-state index contributed by atoms with van der Waals surface area (Å²) in [4.78, 5) is 12.0. The normalized spacial score (nSPS) is 21.1. The molecule has 9 heteroatoms. The van der Waals surface area contributed by atoms with Crippen LogP contribution in [0.15, 0.2) is 23.1 Å². The number of sulfone groups is 1. The maximum atomic E-state index is 12.1. The van der Waals surface area contributed by atoms with Crippen LogP contribution in [0.2, 0.25) is 0 Å². The molecule has 1 atom stereocenters. The Morgan fingerprint density at radius 2 is 2.05 bits per heavy atom. The number of primary sulfonamides is 1. The Morgan fingerprint density at radius 3 is 2.57 bits per heavy atom. The summed E-state index contributed by atoms with van der Waals surface area (Å²) in [5.74, 6) is -1.20. The Bertz CT molecular complexity index is 784. The molecule has 3 N–H and O–H groups in total. The lowest BCUT2D eigenvalue weighted by molar-refractivity contribution is -0.119. The molecule has 1 heterocycles. The quantitative estimate of drug-likeness (QED) is 0.807. The van der Waals surface area contributed by atoms with Crippen molar-refractivity contribution in [1.82, 2.24) is 0 Å². The van der Waals surface area contributed by atoms with Gasteiger partial charge in [0.1, 0.15) is 0 Å². The van der Waals surface area contributed by atoms with Gasteiger partial charge in [-0.25, -0.2) is 22.0 Å². The summed E-state index contributed by atoms with van der Waals surface area (Å²) in [5.41, 5.74) is 0.979. The van der Waals surface area contributed by atoms with Gasteiger partial charge < -0.3 is 5.32 Å². The van der Waals surface area contributed by atoms with Crippen molar-refractivity contribution >= 4 is 31.5 Å². The van der Waals surface area contributed by atoms with Crippen LogP contribution < -0.4 is 10.5 Å². The second kappa shape index (κ2) is 5.39. The van der Waals surface area contributed by atoms with Gasteiger partial charge in [0.15, 0.2) is 9.84 Å². The van der Waals surface area contributed by atoms with E-state index < -0.39 is 31.7 Å². The molecule has 116 valence electrons. The predicted octanol–water partition coefficient (Wildman–Crippen LogP) is 0.0156. The Labute approximate surface area is 123 Å². The lowest BCUT2D eigenvalue weighted by atomic mass is 10.1. The number of hydrogen-bond acceptors (Lipinski definition) is 5. The van der Waals surface area contributed by atoms with Gasteiger partial charge in [0.2, 0.25) is 15.9 Å². The maximum Gasteiger partial charge on any atom is 0.238 e. The van der Waals surface area contributed by atoms with Crippen LogP contribution in [0.25, 0.3) is 0 Å². The SMILES string of the molecule is Cc1ccc(S(N)(=O)=O)cc1NC(=O)C1CCS(=O)(=O)C1. The molecule has 2 rings (SSSR count). The Hall–Kier alpha value is -1.45. The molecule has 1 unspecified atom stereocenters. The third kappa shape index (κ3) is 3.80. The Morgan fingerprint density at radius 1 is 1.38 bits per heavy atom. The van der Waals surface area contributed by atoms with Gasteiger partial charge in [-0.2, -0.15) is 0 Å². The van der Waals surface area contributed by atoms with Crippen molar-refractivity contribution in [2.24, 2.45) is 11.1 Å². The van der Waals surface area contributed by atoms with Gasteiger partial charge in [-0.1, -0.05) is 6.07 Å². The smallest absolute Gasteiger partial charge is 0.238 e. The van der Waals surface area contributed by atoms with Gasteiger partial charge in [0, 0.05) is 5.69 Å². The monoisotopic (exact) mass is 332 g/mol. The third-order valence-corrected chi connectivity index (χ3v) is 6.08. The van der Waals surface area contributed by atoms with Crippen molar-refractivity contribution in [3.63, 3.8) is 0 Å². The van der Waals surface area contributed by atoms with E-state index in [1.165, 1.54) is 18.2 Å². The number of rotatable bonds is 3. The van der Waals surface area contributed by atoms with Gasteiger partial charge in [-0.05, 0) is 31.0 Å². The summed E-state index contributed by atoms with van der Waals surface area (Å²) in [7, 11) is -7.01. The van der Waals surface area contributed by atoms with Crippen LogP contribution in [0.4, 0.5) is 5.69 Å². The highest BCUT2D eigenvalue weighted by Crippen LogP contribution is 2.23. The molecule has 0 radical (unpaired) electrons. The number of nitrogens with two attached hydrogens (primary N) is 1. The van der Waals surface area contributed by atoms with Crippen LogP contribution in [-0.2, 0) is 24.7 Å². The Balaban J connectivity index is 2.22. The average molecular weight is 332 g/mol. The molecule has 1 aliphatic rings. The fourth-order valence-corrected chi connectivity index (χ4v) is 4.43. The van der Waals surface area contributed by atoms with Crippen LogP contribution in [0.1, 0.15) is 12.0 Å². The largest absolute Gasteiger partial charge is 0.326 e. The molecule has 1 fully saturated rings. The molecule has 1 aliphatic heterocycles. The van der Waals surface area contributed by atoms with E-state index in [0.29, 0.717) is 11.3 Å². The Kier molecular flexibility index (Phi) is 4.09. The highest BCUT2D eigenvalue weighted by Gasteiger charge is 2.33. The van der Waals surface area contributed by atoms with Gasteiger partial charge in [0.25, 0.3) is 0 Å². The zero-order valence-electron chi connectivity index (χ0n) is 11.4. The fourth-order valence-electron chi connectivity index (χ4n) is 2.15. The summed E-state index contributed by atoms with van der Waals surface area (Å²) < 4.78 is 45.4. The average Bonchev–Trinajstić information content (AvgIpc) is 2.71. The molecule has 1 saturated heterocycles. The molecule has 7 nitrogen and oxygen atoms in total. The first-order valence-electron chi connectivity index (χ1n) is 6.23. The van der Waals surface area contributed by atoms with E-state index in [1.807, 2.05) is 0 Å². The van der Waals surface area contributed by atoms with Gasteiger partial charge in [-0.3, -0.25) is 4.79 Å². The molecular formula is C12H16N2O5S2. The molecule has 0 aromatic heterocycles. The van der Waals surface area contributed by atoms with Crippen LogP contribution in [-0.4, -0.2) is 34.2 Å². The molecule has 0 aliphatic carbocycles. The summed E-state index contributed by atoms with van der Waals surface area (Å²) in [6.07, 6.45) is 0.280. The van der Waals surface area contributed by atoms with E-state index in [-0.39, 0.29) is 22.8 Å². The van der Waals surface area contributed by atoms with E-state index in [2.05, 4.69) is 5.32 Å². The summed E-state index contributed by atoms with van der Waals surface area (Å²) in [5, 5.41) is 7.62. The second-order valence-corrected chi connectivity index (χ2v) is 8.90. The van der Waals surface area contributed by atoms with Crippen molar-refractivity contribution in [2.45, 2.75) is 18.2 Å². The van der Waals surface area contributed by atoms with Crippen molar-refractivity contribution < 1.29 is 21.6 Å². The van der Waals surface area contributed by atoms with Crippen LogP contribution >= 0.6 is 0 Å². The number of sulfonamides is 1. The molecule has 0 spiro atoms. The van der Waals surface area contributed by atoms with E-state index in [1.54, 1.807) is 6.92 Å². The standard InChI is InChI=1S/C12H16N2O5S2/c1-8-2-3-10(21(13,18)19)6-11(8)14-12(15)9-4-5-20(16,17)7-9/h2-3,6,9H,4-5,7H2,1H3,(H,14,15)(H2,13,18,19). The number of nitrogens with one attached hydrogen (secondary N) is 1. The number of carbonyl (C=O) groups excluding carboxylic acids is 1. The summed E-state index contributed by atoms with van der Waals surface area (Å²) in [6.45, 7) is 1.70. The van der Waals surface area contributed by atoms with Crippen LogP contribution in [0, 0.1) is 12.8 Å². The van der Waals surface area contributed by atoms with Gasteiger partial charge >= 0.3 is 0 Å². The lowest BCUT2D eigenvalue weighted by Crippen LogP contribution is -2.24. The number of carbonyl (C=O) groups is 1. The zero-order chi connectivity index (χ0) is 15.8. The fraction of sp³-hybridized carbons (Fsp3) is 0.417. The number of amides is 1. The minimum Gasteiger partial charge on any atom is -0.326 e. The maximum absolute atomic E-state index is 12.1. The van der Waals surface area contributed by atoms with E-state index in [9.17, 15) is 21.6 Å². The topological polar surface area (TPSA) is 123 Å². The predicted molar refractivity (Wildman–Crippen MR) is 77.9 cm³/mol. The highest BCUT2D eigenvalue weighted by atomic mass is 32.2. The first kappa shape index (κ1) is 15.9. The first-order chi connectivity index (χ1) is 9.58. The first-order valence-corrected chi connectivity index (χ1v) is 9.60.